The highest BCUT2D eigenvalue weighted by Crippen LogP contribution is 2.23. The molecule has 0 saturated carbocycles. The number of carbonyl (C=O) groups excluding carboxylic acids is 1. The summed E-state index contributed by atoms with van der Waals surface area (Å²) in [7, 11) is 0. The lowest BCUT2D eigenvalue weighted by atomic mass is 9.99. The summed E-state index contributed by atoms with van der Waals surface area (Å²) in [6.45, 7) is 3.45. The predicted molar refractivity (Wildman–Crippen MR) is 74.6 cm³/mol. The van der Waals surface area contributed by atoms with Gasteiger partial charge in [0.25, 0.3) is 5.91 Å². The van der Waals surface area contributed by atoms with Crippen LogP contribution in [0.3, 0.4) is 0 Å². The molecule has 2 atom stereocenters. The summed E-state index contributed by atoms with van der Waals surface area (Å²) < 4.78 is 19.0. The molecule has 3 nitrogen and oxygen atoms in total. The number of halogens is 2. The van der Waals surface area contributed by atoms with E-state index in [1.807, 2.05) is 0 Å². The van der Waals surface area contributed by atoms with E-state index >= 15 is 0 Å². The standard InChI is InChI=1S/C14H17BrFNO2/c1-2-13-9(5-6-19-13)8-17-14(18)11-4-3-10(16)7-12(11)15/h3-4,7,9,13H,2,5-6,8H2,1H3,(H,17,18). The molecule has 1 heterocycles. The molecule has 1 N–H and O–H groups in total. The molecular formula is C14H17BrFNO2. The smallest absolute Gasteiger partial charge is 0.252 e. The maximum absolute atomic E-state index is 13.0. The molecule has 104 valence electrons. The summed E-state index contributed by atoms with van der Waals surface area (Å²) in [6, 6.07) is 4.06. The van der Waals surface area contributed by atoms with E-state index < -0.39 is 0 Å². The molecule has 1 saturated heterocycles. The lowest BCUT2D eigenvalue weighted by molar-refractivity contribution is 0.0826. The van der Waals surface area contributed by atoms with E-state index in [0.717, 1.165) is 19.4 Å². The van der Waals surface area contributed by atoms with Gasteiger partial charge in [0, 0.05) is 23.5 Å². The summed E-state index contributed by atoms with van der Waals surface area (Å²) in [5, 5.41) is 2.89. The van der Waals surface area contributed by atoms with Gasteiger partial charge in [0.2, 0.25) is 0 Å². The van der Waals surface area contributed by atoms with Crippen LogP contribution in [0.25, 0.3) is 0 Å². The van der Waals surface area contributed by atoms with Crippen molar-refractivity contribution in [2.75, 3.05) is 13.2 Å². The van der Waals surface area contributed by atoms with Gasteiger partial charge in [-0.2, -0.15) is 0 Å². The Kier molecular flexibility index (Phi) is 4.93. The number of hydrogen-bond acceptors (Lipinski definition) is 2. The van der Waals surface area contributed by atoms with Gasteiger partial charge in [0.15, 0.2) is 0 Å². The van der Waals surface area contributed by atoms with E-state index in [0.29, 0.717) is 22.5 Å². The molecule has 2 unspecified atom stereocenters. The number of ether oxygens (including phenoxy) is 1. The maximum Gasteiger partial charge on any atom is 0.252 e. The van der Waals surface area contributed by atoms with E-state index in [9.17, 15) is 9.18 Å². The molecular weight excluding hydrogens is 313 g/mol. The lowest BCUT2D eigenvalue weighted by Crippen LogP contribution is -2.32. The summed E-state index contributed by atoms with van der Waals surface area (Å²) in [5.41, 5.74) is 0.452. The number of rotatable bonds is 4. The Balaban J connectivity index is 1.94. The van der Waals surface area contributed by atoms with Crippen molar-refractivity contribution in [1.82, 2.24) is 5.32 Å². The second-order valence-corrected chi connectivity index (χ2v) is 5.55. The van der Waals surface area contributed by atoms with E-state index in [4.69, 9.17) is 4.74 Å². The summed E-state index contributed by atoms with van der Waals surface area (Å²) >= 11 is 3.20. The van der Waals surface area contributed by atoms with E-state index in [2.05, 4.69) is 28.2 Å². The Morgan fingerprint density at radius 3 is 3.05 bits per heavy atom. The third-order valence-corrected chi connectivity index (χ3v) is 4.11. The molecule has 5 heteroatoms. The zero-order valence-corrected chi connectivity index (χ0v) is 12.4. The number of hydrogen-bond donors (Lipinski definition) is 1. The largest absolute Gasteiger partial charge is 0.378 e. The van der Waals surface area contributed by atoms with Gasteiger partial charge in [-0.15, -0.1) is 0 Å². The van der Waals surface area contributed by atoms with E-state index in [1.54, 1.807) is 0 Å². The molecule has 0 spiro atoms. The van der Waals surface area contributed by atoms with Crippen molar-refractivity contribution in [2.24, 2.45) is 5.92 Å². The molecule has 1 amide bonds. The summed E-state index contributed by atoms with van der Waals surface area (Å²) in [5.74, 6) is -0.180. The first-order valence-electron chi connectivity index (χ1n) is 6.46. The molecule has 1 aromatic carbocycles. The van der Waals surface area contributed by atoms with Gasteiger partial charge in [-0.1, -0.05) is 6.92 Å². The van der Waals surface area contributed by atoms with Gasteiger partial charge < -0.3 is 10.1 Å². The van der Waals surface area contributed by atoms with Gasteiger partial charge in [-0.3, -0.25) is 4.79 Å². The third-order valence-electron chi connectivity index (χ3n) is 3.45. The van der Waals surface area contributed by atoms with Crippen LogP contribution in [0.2, 0.25) is 0 Å². The van der Waals surface area contributed by atoms with Gasteiger partial charge in [-0.05, 0) is 47.0 Å². The highest BCUT2D eigenvalue weighted by molar-refractivity contribution is 9.10. The fourth-order valence-electron chi connectivity index (χ4n) is 2.37. The van der Waals surface area contributed by atoms with Crippen molar-refractivity contribution < 1.29 is 13.9 Å². The quantitative estimate of drug-likeness (QED) is 0.921. The Hall–Kier alpha value is -0.940. The Morgan fingerprint density at radius 1 is 1.58 bits per heavy atom. The van der Waals surface area contributed by atoms with Crippen LogP contribution >= 0.6 is 15.9 Å². The molecule has 2 rings (SSSR count). The Morgan fingerprint density at radius 2 is 2.37 bits per heavy atom. The molecule has 0 radical (unpaired) electrons. The predicted octanol–water partition coefficient (Wildman–Crippen LogP) is 3.13. The van der Waals surface area contributed by atoms with Crippen LogP contribution < -0.4 is 5.32 Å². The summed E-state index contributed by atoms with van der Waals surface area (Å²) in [6.07, 6.45) is 2.17. The summed E-state index contributed by atoms with van der Waals surface area (Å²) in [4.78, 5) is 12.0. The molecule has 19 heavy (non-hydrogen) atoms. The number of nitrogens with one attached hydrogen (secondary N) is 1. The van der Waals surface area contributed by atoms with Crippen LogP contribution in [0, 0.1) is 11.7 Å². The fraction of sp³-hybridized carbons (Fsp3) is 0.500. The van der Waals surface area contributed by atoms with E-state index in [-0.39, 0.29) is 17.8 Å². The molecule has 1 aliphatic rings. The lowest BCUT2D eigenvalue weighted by Gasteiger charge is -2.17. The zero-order chi connectivity index (χ0) is 13.8. The minimum Gasteiger partial charge on any atom is -0.378 e. The zero-order valence-electron chi connectivity index (χ0n) is 10.8. The third kappa shape index (κ3) is 3.54. The van der Waals surface area contributed by atoms with Crippen LogP contribution in [-0.4, -0.2) is 25.2 Å². The molecule has 0 aliphatic carbocycles. The molecule has 1 aromatic rings. The first-order chi connectivity index (χ1) is 9.11. The van der Waals surface area contributed by atoms with Crippen molar-refractivity contribution in [3.8, 4) is 0 Å². The van der Waals surface area contributed by atoms with Crippen LogP contribution in [0.4, 0.5) is 4.39 Å². The van der Waals surface area contributed by atoms with Crippen LogP contribution in [0.15, 0.2) is 22.7 Å². The highest BCUT2D eigenvalue weighted by Gasteiger charge is 2.27. The topological polar surface area (TPSA) is 38.3 Å². The minimum atomic E-state index is -0.362. The van der Waals surface area contributed by atoms with Crippen LogP contribution in [0.5, 0.6) is 0 Å². The van der Waals surface area contributed by atoms with E-state index in [1.165, 1.54) is 18.2 Å². The second-order valence-electron chi connectivity index (χ2n) is 4.70. The monoisotopic (exact) mass is 329 g/mol. The molecule has 1 aliphatic heterocycles. The Bertz CT molecular complexity index is 467. The minimum absolute atomic E-state index is 0.186. The number of amides is 1. The molecule has 1 fully saturated rings. The first kappa shape index (κ1) is 14.5. The number of carbonyl (C=O) groups is 1. The van der Waals surface area contributed by atoms with Crippen molar-refractivity contribution >= 4 is 21.8 Å². The van der Waals surface area contributed by atoms with Crippen molar-refractivity contribution in [2.45, 2.75) is 25.9 Å². The van der Waals surface area contributed by atoms with Crippen molar-refractivity contribution in [3.05, 3.63) is 34.1 Å². The number of benzene rings is 1. The average Bonchev–Trinajstić information content (AvgIpc) is 2.83. The van der Waals surface area contributed by atoms with Gasteiger partial charge in [0.1, 0.15) is 5.82 Å². The van der Waals surface area contributed by atoms with Gasteiger partial charge in [0.05, 0.1) is 11.7 Å². The first-order valence-corrected chi connectivity index (χ1v) is 7.26. The maximum atomic E-state index is 13.0. The molecule has 0 bridgehead atoms. The SMILES string of the molecule is CCC1OCCC1CNC(=O)c1ccc(F)cc1Br. The molecule has 0 aromatic heterocycles. The van der Waals surface area contributed by atoms with Gasteiger partial charge in [-0.25, -0.2) is 4.39 Å². The van der Waals surface area contributed by atoms with Crippen LogP contribution in [0.1, 0.15) is 30.1 Å². The van der Waals surface area contributed by atoms with Crippen molar-refractivity contribution in [1.29, 1.82) is 0 Å². The van der Waals surface area contributed by atoms with Crippen molar-refractivity contribution in [3.63, 3.8) is 0 Å². The normalized spacial score (nSPS) is 22.5. The fourth-order valence-corrected chi connectivity index (χ4v) is 2.90. The second kappa shape index (κ2) is 6.48. The Labute approximate surface area is 120 Å². The average molecular weight is 330 g/mol. The van der Waals surface area contributed by atoms with Crippen LogP contribution in [-0.2, 0) is 4.74 Å². The highest BCUT2D eigenvalue weighted by atomic mass is 79.9. The van der Waals surface area contributed by atoms with Gasteiger partial charge >= 0.3 is 0 Å².